The van der Waals surface area contributed by atoms with Gasteiger partial charge in [-0.2, -0.15) is 12.7 Å². The minimum Gasteiger partial charge on any atom is -0.330 e. The van der Waals surface area contributed by atoms with Gasteiger partial charge in [0.1, 0.15) is 0 Å². The molecule has 0 unspecified atom stereocenters. The fourth-order valence-corrected chi connectivity index (χ4v) is 3.34. The summed E-state index contributed by atoms with van der Waals surface area (Å²) < 4.78 is 28.2. The van der Waals surface area contributed by atoms with Crippen LogP contribution in [-0.2, 0) is 10.2 Å². The van der Waals surface area contributed by atoms with E-state index < -0.39 is 10.2 Å². The van der Waals surface area contributed by atoms with Gasteiger partial charge in [-0.15, -0.1) is 0 Å². The Morgan fingerprint density at radius 2 is 2.12 bits per heavy atom. The van der Waals surface area contributed by atoms with Crippen LogP contribution in [0.4, 0.5) is 0 Å². The topological polar surface area (TPSA) is 75.4 Å². The first-order valence-corrected chi connectivity index (χ1v) is 7.52. The average Bonchev–Trinajstić information content (AvgIpc) is 2.18. The molecule has 1 aliphatic carbocycles. The van der Waals surface area contributed by atoms with Crippen molar-refractivity contribution in [2.75, 3.05) is 19.6 Å². The summed E-state index contributed by atoms with van der Waals surface area (Å²) >= 11 is 0. The molecule has 16 heavy (non-hydrogen) atoms. The third-order valence-corrected chi connectivity index (χ3v) is 4.57. The van der Waals surface area contributed by atoms with Gasteiger partial charge >= 0.3 is 0 Å². The molecule has 1 saturated carbocycles. The average molecular weight is 249 g/mol. The van der Waals surface area contributed by atoms with Crippen molar-refractivity contribution in [2.24, 2.45) is 5.73 Å². The standard InChI is InChI=1S/C10H23N3O2S/c1-2-8-12-16(14,15)13(9-4-7-11)10-5-3-6-10/h10,12H,2-9,11H2,1H3. The van der Waals surface area contributed by atoms with E-state index in [-0.39, 0.29) is 6.04 Å². The number of hydrogen-bond donors (Lipinski definition) is 2. The van der Waals surface area contributed by atoms with Crippen LogP contribution in [0.3, 0.4) is 0 Å². The van der Waals surface area contributed by atoms with Crippen molar-refractivity contribution in [3.8, 4) is 0 Å². The third kappa shape index (κ3) is 3.69. The van der Waals surface area contributed by atoms with E-state index in [1.54, 1.807) is 4.31 Å². The molecule has 0 aromatic heterocycles. The molecule has 0 radical (unpaired) electrons. The van der Waals surface area contributed by atoms with Gasteiger partial charge in [-0.25, -0.2) is 4.72 Å². The Morgan fingerprint density at radius 3 is 2.56 bits per heavy atom. The molecule has 0 amide bonds. The minimum atomic E-state index is -3.29. The van der Waals surface area contributed by atoms with E-state index in [9.17, 15) is 8.42 Å². The van der Waals surface area contributed by atoms with E-state index in [1.807, 2.05) is 6.92 Å². The van der Waals surface area contributed by atoms with E-state index in [2.05, 4.69) is 4.72 Å². The number of nitrogens with one attached hydrogen (secondary N) is 1. The van der Waals surface area contributed by atoms with E-state index in [0.29, 0.717) is 19.6 Å². The molecule has 0 saturated heterocycles. The zero-order valence-corrected chi connectivity index (χ0v) is 10.8. The van der Waals surface area contributed by atoms with E-state index in [4.69, 9.17) is 5.73 Å². The lowest BCUT2D eigenvalue weighted by molar-refractivity contribution is 0.216. The van der Waals surface area contributed by atoms with Crippen LogP contribution < -0.4 is 10.5 Å². The summed E-state index contributed by atoms with van der Waals surface area (Å²) in [5.41, 5.74) is 5.44. The first kappa shape index (κ1) is 13.9. The Bertz CT molecular complexity index is 288. The predicted octanol–water partition coefficient (Wildman–Crippen LogP) is 0.434. The Labute approximate surface area is 98.6 Å². The lowest BCUT2D eigenvalue weighted by Crippen LogP contribution is -2.50. The highest BCUT2D eigenvalue weighted by Crippen LogP contribution is 2.26. The molecular formula is C10H23N3O2S. The maximum Gasteiger partial charge on any atom is 0.279 e. The fourth-order valence-electron chi connectivity index (χ4n) is 1.73. The minimum absolute atomic E-state index is 0.195. The summed E-state index contributed by atoms with van der Waals surface area (Å²) in [6.45, 7) is 3.54. The summed E-state index contributed by atoms with van der Waals surface area (Å²) in [6.07, 6.45) is 4.64. The SMILES string of the molecule is CCCNS(=O)(=O)N(CCCN)C1CCC1. The molecule has 5 nitrogen and oxygen atoms in total. The van der Waals surface area contributed by atoms with Crippen LogP contribution in [-0.4, -0.2) is 38.4 Å². The highest BCUT2D eigenvalue weighted by Gasteiger charge is 2.32. The van der Waals surface area contributed by atoms with Gasteiger partial charge in [-0.05, 0) is 32.2 Å². The van der Waals surface area contributed by atoms with Gasteiger partial charge in [0.2, 0.25) is 0 Å². The molecule has 3 N–H and O–H groups in total. The maximum absolute atomic E-state index is 12.0. The van der Waals surface area contributed by atoms with Crippen LogP contribution in [0.25, 0.3) is 0 Å². The van der Waals surface area contributed by atoms with E-state index in [0.717, 1.165) is 32.1 Å². The summed E-state index contributed by atoms with van der Waals surface area (Å²) in [6, 6.07) is 0.195. The lowest BCUT2D eigenvalue weighted by atomic mass is 9.93. The van der Waals surface area contributed by atoms with Crippen LogP contribution >= 0.6 is 0 Å². The normalized spacial score (nSPS) is 17.7. The molecule has 1 fully saturated rings. The Morgan fingerprint density at radius 1 is 1.44 bits per heavy atom. The molecule has 1 aliphatic rings. The molecule has 96 valence electrons. The van der Waals surface area contributed by atoms with Gasteiger partial charge < -0.3 is 5.73 Å². The number of rotatable bonds is 8. The van der Waals surface area contributed by atoms with Crippen LogP contribution in [0.1, 0.15) is 39.0 Å². The van der Waals surface area contributed by atoms with Crippen molar-refractivity contribution >= 4 is 10.2 Å². The van der Waals surface area contributed by atoms with Crippen LogP contribution in [0.5, 0.6) is 0 Å². The molecule has 6 heteroatoms. The second-order valence-electron chi connectivity index (χ2n) is 4.24. The quantitative estimate of drug-likeness (QED) is 0.655. The van der Waals surface area contributed by atoms with Crippen molar-refractivity contribution in [2.45, 2.75) is 45.1 Å². The number of nitrogens with two attached hydrogens (primary N) is 1. The molecular weight excluding hydrogens is 226 g/mol. The highest BCUT2D eigenvalue weighted by atomic mass is 32.2. The molecule has 0 atom stereocenters. The molecule has 0 aromatic rings. The third-order valence-electron chi connectivity index (χ3n) is 2.91. The van der Waals surface area contributed by atoms with Crippen LogP contribution in [0, 0.1) is 0 Å². The van der Waals surface area contributed by atoms with Crippen molar-refractivity contribution in [3.63, 3.8) is 0 Å². The van der Waals surface area contributed by atoms with E-state index in [1.165, 1.54) is 0 Å². The Kier molecular flexibility index (Phi) is 5.68. The maximum atomic E-state index is 12.0. The predicted molar refractivity (Wildman–Crippen MR) is 65.2 cm³/mol. The van der Waals surface area contributed by atoms with Crippen LogP contribution in [0.15, 0.2) is 0 Å². The van der Waals surface area contributed by atoms with Crippen molar-refractivity contribution in [1.29, 1.82) is 0 Å². The van der Waals surface area contributed by atoms with Crippen molar-refractivity contribution in [1.82, 2.24) is 9.03 Å². The summed E-state index contributed by atoms with van der Waals surface area (Å²) in [4.78, 5) is 0. The molecule has 0 heterocycles. The lowest BCUT2D eigenvalue weighted by Gasteiger charge is -2.36. The Balaban J connectivity index is 2.58. The fraction of sp³-hybridized carbons (Fsp3) is 1.00. The number of hydrogen-bond acceptors (Lipinski definition) is 3. The molecule has 0 aliphatic heterocycles. The smallest absolute Gasteiger partial charge is 0.279 e. The molecule has 0 bridgehead atoms. The largest absolute Gasteiger partial charge is 0.330 e. The number of nitrogens with zero attached hydrogens (tertiary/aromatic N) is 1. The first-order chi connectivity index (χ1) is 7.61. The van der Waals surface area contributed by atoms with Gasteiger partial charge in [-0.1, -0.05) is 13.3 Å². The zero-order chi connectivity index (χ0) is 12.0. The van der Waals surface area contributed by atoms with Crippen molar-refractivity contribution in [3.05, 3.63) is 0 Å². The van der Waals surface area contributed by atoms with Gasteiger partial charge in [-0.3, -0.25) is 0 Å². The molecule has 1 rings (SSSR count). The summed E-state index contributed by atoms with van der Waals surface area (Å²) in [5.74, 6) is 0. The van der Waals surface area contributed by atoms with Gasteiger partial charge in [0.15, 0.2) is 0 Å². The van der Waals surface area contributed by atoms with Crippen LogP contribution in [0.2, 0.25) is 0 Å². The second kappa shape index (κ2) is 6.54. The highest BCUT2D eigenvalue weighted by molar-refractivity contribution is 7.87. The monoisotopic (exact) mass is 249 g/mol. The molecule has 0 aromatic carbocycles. The summed E-state index contributed by atoms with van der Waals surface area (Å²) in [7, 11) is -3.29. The second-order valence-corrected chi connectivity index (χ2v) is 5.94. The van der Waals surface area contributed by atoms with Gasteiger partial charge in [0.05, 0.1) is 0 Å². The van der Waals surface area contributed by atoms with Gasteiger partial charge in [0, 0.05) is 19.1 Å². The van der Waals surface area contributed by atoms with Crippen molar-refractivity contribution < 1.29 is 8.42 Å². The summed E-state index contributed by atoms with van der Waals surface area (Å²) in [5, 5.41) is 0. The zero-order valence-electron chi connectivity index (χ0n) is 9.98. The first-order valence-electron chi connectivity index (χ1n) is 6.08. The molecule has 0 spiro atoms. The Hall–Kier alpha value is -0.170. The van der Waals surface area contributed by atoms with E-state index >= 15 is 0 Å². The van der Waals surface area contributed by atoms with Gasteiger partial charge in [0.25, 0.3) is 10.2 Å².